The van der Waals surface area contributed by atoms with E-state index in [9.17, 15) is 5.11 Å². The highest BCUT2D eigenvalue weighted by atomic mass is 16.3. The van der Waals surface area contributed by atoms with Gasteiger partial charge in [0.15, 0.2) is 0 Å². The van der Waals surface area contributed by atoms with Gasteiger partial charge in [0.1, 0.15) is 5.75 Å². The monoisotopic (exact) mass is 701 g/mol. The molecule has 0 aliphatic carbocycles. The number of rotatable bonds is 27. The van der Waals surface area contributed by atoms with Gasteiger partial charge in [-0.25, -0.2) is 0 Å². The minimum atomic E-state index is 0.446. The molecule has 4 aromatic rings. The molecule has 0 unspecified atom stereocenters. The van der Waals surface area contributed by atoms with Gasteiger partial charge in [0, 0.05) is 12.0 Å². The molecule has 0 bridgehead atoms. The van der Waals surface area contributed by atoms with Gasteiger partial charge in [0.25, 0.3) is 0 Å². The van der Waals surface area contributed by atoms with Crippen LogP contribution in [-0.2, 0) is 38.5 Å². The van der Waals surface area contributed by atoms with Crippen molar-refractivity contribution in [2.45, 2.75) is 175 Å². The molecule has 4 rings (SSSR count). The molecule has 4 aromatic carbocycles. The second-order valence-electron chi connectivity index (χ2n) is 15.6. The zero-order valence-electron chi connectivity index (χ0n) is 33.5. The molecule has 1 nitrogen and oxygen atoms in total. The van der Waals surface area contributed by atoms with E-state index in [1.807, 2.05) is 6.07 Å². The third kappa shape index (κ3) is 14.2. The van der Waals surface area contributed by atoms with Crippen molar-refractivity contribution in [3.63, 3.8) is 0 Å². The molecular formula is C51H72O. The molecule has 1 N–H and O–H groups in total. The van der Waals surface area contributed by atoms with Crippen molar-refractivity contribution >= 4 is 0 Å². The summed E-state index contributed by atoms with van der Waals surface area (Å²) in [5, 5.41) is 11.7. The zero-order chi connectivity index (χ0) is 36.6. The van der Waals surface area contributed by atoms with Crippen molar-refractivity contribution < 1.29 is 5.11 Å². The van der Waals surface area contributed by atoms with Crippen LogP contribution in [0.25, 0.3) is 0 Å². The number of unbranched alkanes of at least 4 members (excludes halogenated alkanes) is 15. The third-order valence-electron chi connectivity index (χ3n) is 11.4. The molecule has 0 fully saturated rings. The maximum absolute atomic E-state index is 11.7. The Labute approximate surface area is 319 Å². The van der Waals surface area contributed by atoms with Gasteiger partial charge in [0.05, 0.1) is 0 Å². The lowest BCUT2D eigenvalue weighted by Gasteiger charge is -2.21. The van der Waals surface area contributed by atoms with E-state index in [1.54, 1.807) is 0 Å². The Balaban J connectivity index is 1.63. The minimum absolute atomic E-state index is 0.446. The van der Waals surface area contributed by atoms with Gasteiger partial charge in [-0.15, -0.1) is 0 Å². The SMILES string of the molecule is CCCCCCCCc1ccccc1Cc1ccc(O)c(Cc2ccccc2CCCCCCCC)c1Cc1ccccc1CCCCCCCC. The first-order chi connectivity index (χ1) is 25.6. The summed E-state index contributed by atoms with van der Waals surface area (Å²) in [5.41, 5.74) is 12.5. The van der Waals surface area contributed by atoms with E-state index in [2.05, 4.69) is 99.6 Å². The second-order valence-corrected chi connectivity index (χ2v) is 15.6. The van der Waals surface area contributed by atoms with Gasteiger partial charge in [-0.3, -0.25) is 0 Å². The number of benzene rings is 4. The summed E-state index contributed by atoms with van der Waals surface area (Å²) < 4.78 is 0. The van der Waals surface area contributed by atoms with E-state index in [-0.39, 0.29) is 0 Å². The first-order valence-corrected chi connectivity index (χ1v) is 21.7. The van der Waals surface area contributed by atoms with E-state index < -0.39 is 0 Å². The molecule has 0 atom stereocenters. The van der Waals surface area contributed by atoms with E-state index in [0.29, 0.717) is 5.75 Å². The Bertz CT molecular complexity index is 1550. The van der Waals surface area contributed by atoms with E-state index in [4.69, 9.17) is 0 Å². The van der Waals surface area contributed by atoms with Gasteiger partial charge < -0.3 is 5.11 Å². The predicted molar refractivity (Wildman–Crippen MR) is 227 cm³/mol. The first-order valence-electron chi connectivity index (χ1n) is 21.7. The van der Waals surface area contributed by atoms with Gasteiger partial charge >= 0.3 is 0 Å². The highest BCUT2D eigenvalue weighted by molar-refractivity contribution is 5.52. The molecule has 0 aliphatic rings. The summed E-state index contributed by atoms with van der Waals surface area (Å²) in [7, 11) is 0. The van der Waals surface area contributed by atoms with Crippen molar-refractivity contribution in [3.8, 4) is 5.75 Å². The highest BCUT2D eigenvalue weighted by Gasteiger charge is 2.18. The molecule has 0 saturated carbocycles. The zero-order valence-corrected chi connectivity index (χ0v) is 33.5. The second kappa shape index (κ2) is 24.8. The number of phenolic OH excluding ortho intramolecular Hbond substituents is 1. The number of hydrogen-bond donors (Lipinski definition) is 1. The number of aromatic hydroxyl groups is 1. The molecule has 0 radical (unpaired) electrons. The Kier molecular flexibility index (Phi) is 19.8. The Morgan fingerprint density at radius 3 is 1.04 bits per heavy atom. The topological polar surface area (TPSA) is 20.2 Å². The molecule has 1 heteroatoms. The smallest absolute Gasteiger partial charge is 0.119 e. The number of aryl methyl sites for hydroxylation is 3. The molecule has 0 saturated heterocycles. The fourth-order valence-corrected chi connectivity index (χ4v) is 8.11. The van der Waals surface area contributed by atoms with Crippen molar-refractivity contribution in [2.24, 2.45) is 0 Å². The molecule has 282 valence electrons. The molecule has 52 heavy (non-hydrogen) atoms. The third-order valence-corrected chi connectivity index (χ3v) is 11.4. The first kappa shape index (κ1) is 41.4. The highest BCUT2D eigenvalue weighted by Crippen LogP contribution is 2.33. The van der Waals surface area contributed by atoms with Gasteiger partial charge in [-0.1, -0.05) is 196 Å². The average Bonchev–Trinajstić information content (AvgIpc) is 3.16. The van der Waals surface area contributed by atoms with E-state index >= 15 is 0 Å². The van der Waals surface area contributed by atoms with Crippen molar-refractivity contribution in [2.75, 3.05) is 0 Å². The molecule has 0 aliphatic heterocycles. The quantitative estimate of drug-likeness (QED) is 0.0614. The normalized spacial score (nSPS) is 11.4. The van der Waals surface area contributed by atoms with Crippen LogP contribution in [0.15, 0.2) is 84.9 Å². The van der Waals surface area contributed by atoms with Crippen LogP contribution in [0.1, 0.15) is 186 Å². The van der Waals surface area contributed by atoms with Crippen molar-refractivity contribution in [3.05, 3.63) is 135 Å². The van der Waals surface area contributed by atoms with E-state index in [0.717, 1.165) is 44.1 Å². The number of phenols is 1. The predicted octanol–water partition coefficient (Wildman–Crippen LogP) is 14.9. The number of hydrogen-bond acceptors (Lipinski definition) is 1. The fourth-order valence-electron chi connectivity index (χ4n) is 8.11. The molecule has 0 amide bonds. The van der Waals surface area contributed by atoms with Crippen LogP contribution >= 0.6 is 0 Å². The van der Waals surface area contributed by atoms with Crippen LogP contribution in [-0.4, -0.2) is 5.11 Å². The van der Waals surface area contributed by atoms with Crippen LogP contribution < -0.4 is 0 Å². The lowest BCUT2D eigenvalue weighted by Crippen LogP contribution is -2.07. The Hall–Kier alpha value is -3.32. The van der Waals surface area contributed by atoms with Crippen LogP contribution in [0.4, 0.5) is 0 Å². The maximum atomic E-state index is 11.7. The van der Waals surface area contributed by atoms with Gasteiger partial charge in [0.2, 0.25) is 0 Å². The van der Waals surface area contributed by atoms with Crippen molar-refractivity contribution in [1.82, 2.24) is 0 Å². The van der Waals surface area contributed by atoms with Crippen LogP contribution in [0.2, 0.25) is 0 Å². The lowest BCUT2D eigenvalue weighted by molar-refractivity contribution is 0.468. The Morgan fingerprint density at radius 2 is 0.635 bits per heavy atom. The summed E-state index contributed by atoms with van der Waals surface area (Å²) in [6.45, 7) is 6.88. The molecule has 0 aromatic heterocycles. The molecule has 0 heterocycles. The van der Waals surface area contributed by atoms with Gasteiger partial charge in [-0.05, 0) is 102 Å². The fraction of sp³-hybridized carbons (Fsp3) is 0.529. The lowest BCUT2D eigenvalue weighted by atomic mass is 9.85. The minimum Gasteiger partial charge on any atom is -0.508 e. The Morgan fingerprint density at radius 1 is 0.308 bits per heavy atom. The molecular weight excluding hydrogens is 629 g/mol. The summed E-state index contributed by atoms with van der Waals surface area (Å²) in [6, 6.07) is 31.5. The van der Waals surface area contributed by atoms with Gasteiger partial charge in [-0.2, -0.15) is 0 Å². The van der Waals surface area contributed by atoms with E-state index in [1.165, 1.54) is 160 Å². The van der Waals surface area contributed by atoms with Crippen molar-refractivity contribution in [1.29, 1.82) is 0 Å². The van der Waals surface area contributed by atoms with Crippen LogP contribution in [0, 0.1) is 0 Å². The molecule has 0 spiro atoms. The van der Waals surface area contributed by atoms with Crippen LogP contribution in [0.3, 0.4) is 0 Å². The maximum Gasteiger partial charge on any atom is 0.119 e. The summed E-state index contributed by atoms with van der Waals surface area (Å²) >= 11 is 0. The van der Waals surface area contributed by atoms with Crippen LogP contribution in [0.5, 0.6) is 5.75 Å². The standard InChI is InChI=1S/C51H72O/c1-4-7-10-13-16-19-28-42-31-22-25-34-45(42)39-48-37-38-51(52)50(41-47-36-27-24-33-44(47)30-21-18-15-12-9-6-3)49(48)40-46-35-26-23-32-43(46)29-20-17-14-11-8-5-2/h22-27,31-38,52H,4-21,28-30,39-41H2,1-3H3. The largest absolute Gasteiger partial charge is 0.508 e. The average molecular weight is 701 g/mol. The summed E-state index contributed by atoms with van der Waals surface area (Å²) in [5.74, 6) is 0.446. The summed E-state index contributed by atoms with van der Waals surface area (Å²) in [4.78, 5) is 0. The summed E-state index contributed by atoms with van der Waals surface area (Å²) in [6.07, 6.45) is 29.7.